The van der Waals surface area contributed by atoms with Gasteiger partial charge in [0, 0.05) is 12.1 Å². The number of β-amino-alcohol motifs (C(OH)–C–C–N with tert-alkyl or cyclic N) is 1. The third-order valence-electron chi connectivity index (χ3n) is 2.94. The Hall–Kier alpha value is -2.06. The molecule has 94 valence electrons. The molecule has 2 unspecified atom stereocenters. The molecular formula is C13H14N2O3. The summed E-state index contributed by atoms with van der Waals surface area (Å²) in [5, 5.41) is 18.6. The van der Waals surface area contributed by atoms with Gasteiger partial charge in [-0.15, -0.1) is 0 Å². The van der Waals surface area contributed by atoms with E-state index in [9.17, 15) is 15.2 Å². The molecule has 1 amide bonds. The van der Waals surface area contributed by atoms with Crippen molar-refractivity contribution in [2.75, 3.05) is 13.7 Å². The highest BCUT2D eigenvalue weighted by Gasteiger charge is 2.39. The van der Waals surface area contributed by atoms with Gasteiger partial charge in [-0.3, -0.25) is 4.79 Å². The zero-order valence-corrected chi connectivity index (χ0v) is 10.3. The number of aliphatic hydroxyl groups is 1. The number of hydrogen-bond donors (Lipinski definition) is 1. The molecule has 1 N–H and O–H groups in total. The topological polar surface area (TPSA) is 73.6 Å². The summed E-state index contributed by atoms with van der Waals surface area (Å²) in [5.41, 5.74) is 1.06. The van der Waals surface area contributed by atoms with Crippen LogP contribution in [-0.2, 0) is 0 Å². The van der Waals surface area contributed by atoms with E-state index in [0.717, 1.165) is 0 Å². The van der Waals surface area contributed by atoms with Gasteiger partial charge in [0.15, 0.2) is 0 Å². The molecule has 5 heteroatoms. The van der Waals surface area contributed by atoms with E-state index in [0.29, 0.717) is 16.9 Å². The molecule has 0 fully saturated rings. The van der Waals surface area contributed by atoms with E-state index in [-0.39, 0.29) is 12.5 Å². The number of nitriles is 1. The quantitative estimate of drug-likeness (QED) is 0.866. The van der Waals surface area contributed by atoms with Gasteiger partial charge >= 0.3 is 0 Å². The fraction of sp³-hybridized carbons (Fsp3) is 0.385. The van der Waals surface area contributed by atoms with Crippen molar-refractivity contribution >= 4 is 5.91 Å². The molecule has 1 aromatic rings. The molecule has 1 aliphatic heterocycles. The summed E-state index contributed by atoms with van der Waals surface area (Å²) in [5.74, 6) is 0.195. The van der Waals surface area contributed by atoms with Crippen LogP contribution >= 0.6 is 0 Å². The zero-order chi connectivity index (χ0) is 13.3. The van der Waals surface area contributed by atoms with Crippen LogP contribution in [0.5, 0.6) is 5.75 Å². The summed E-state index contributed by atoms with van der Waals surface area (Å²) in [4.78, 5) is 13.6. The molecule has 0 spiro atoms. The Morgan fingerprint density at radius 3 is 2.89 bits per heavy atom. The Morgan fingerprint density at radius 1 is 1.61 bits per heavy atom. The molecular weight excluding hydrogens is 232 g/mol. The first-order chi connectivity index (χ1) is 8.60. The van der Waals surface area contributed by atoms with Gasteiger partial charge in [-0.25, -0.2) is 0 Å². The summed E-state index contributed by atoms with van der Waals surface area (Å²) in [7, 11) is 1.49. The van der Waals surface area contributed by atoms with Gasteiger partial charge in [-0.2, -0.15) is 5.26 Å². The fourth-order valence-electron chi connectivity index (χ4n) is 2.22. The molecule has 18 heavy (non-hydrogen) atoms. The Kier molecular flexibility index (Phi) is 3.21. The molecule has 1 aromatic carbocycles. The molecule has 0 aliphatic carbocycles. The number of hydrogen-bond acceptors (Lipinski definition) is 4. The number of fused-ring (bicyclic) bond motifs is 1. The van der Waals surface area contributed by atoms with Crippen molar-refractivity contribution in [3.05, 3.63) is 29.3 Å². The first kappa shape index (κ1) is 12.4. The van der Waals surface area contributed by atoms with Gasteiger partial charge in [0.05, 0.1) is 24.8 Å². The zero-order valence-electron chi connectivity index (χ0n) is 10.3. The number of nitrogens with zero attached hydrogens (tertiary/aromatic N) is 2. The van der Waals surface area contributed by atoms with E-state index in [1.807, 2.05) is 0 Å². The SMILES string of the molecule is COc1cccc2c1C(=O)N(CC(C)O)C2C#N. The van der Waals surface area contributed by atoms with Crippen molar-refractivity contribution in [3.8, 4) is 11.8 Å². The van der Waals surface area contributed by atoms with Crippen molar-refractivity contribution in [2.24, 2.45) is 0 Å². The lowest BCUT2D eigenvalue weighted by Crippen LogP contribution is -2.33. The molecule has 0 bridgehead atoms. The summed E-state index contributed by atoms with van der Waals surface area (Å²) < 4.78 is 5.15. The summed E-state index contributed by atoms with van der Waals surface area (Å²) in [6.45, 7) is 1.72. The number of rotatable bonds is 3. The fourth-order valence-corrected chi connectivity index (χ4v) is 2.22. The third-order valence-corrected chi connectivity index (χ3v) is 2.94. The Balaban J connectivity index is 2.49. The summed E-state index contributed by atoms with van der Waals surface area (Å²) in [6.07, 6.45) is -0.676. The molecule has 0 saturated carbocycles. The maximum absolute atomic E-state index is 12.3. The predicted molar refractivity (Wildman–Crippen MR) is 64.1 cm³/mol. The van der Waals surface area contributed by atoms with Gasteiger partial charge < -0.3 is 14.7 Å². The van der Waals surface area contributed by atoms with Crippen LogP contribution in [0, 0.1) is 11.3 Å². The Bertz CT molecular complexity index is 519. The highest BCUT2D eigenvalue weighted by atomic mass is 16.5. The number of methoxy groups -OCH3 is 1. The standard InChI is InChI=1S/C13H14N2O3/c1-8(16)7-15-10(6-14)9-4-3-5-11(18-2)12(9)13(15)17/h3-5,8,10,16H,7H2,1-2H3. The minimum Gasteiger partial charge on any atom is -0.496 e. The van der Waals surface area contributed by atoms with Gasteiger partial charge in [-0.1, -0.05) is 12.1 Å². The second-order valence-electron chi connectivity index (χ2n) is 4.26. The van der Waals surface area contributed by atoms with Crippen molar-refractivity contribution < 1.29 is 14.6 Å². The molecule has 1 heterocycles. The lowest BCUT2D eigenvalue weighted by Gasteiger charge is -2.21. The number of ether oxygens (including phenoxy) is 1. The second kappa shape index (κ2) is 4.67. The van der Waals surface area contributed by atoms with Crippen LogP contribution in [0.25, 0.3) is 0 Å². The van der Waals surface area contributed by atoms with Crippen molar-refractivity contribution in [3.63, 3.8) is 0 Å². The van der Waals surface area contributed by atoms with Crippen LogP contribution in [0.15, 0.2) is 18.2 Å². The average Bonchev–Trinajstić information content (AvgIpc) is 2.62. The Morgan fingerprint density at radius 2 is 2.33 bits per heavy atom. The molecule has 2 atom stereocenters. The number of benzene rings is 1. The smallest absolute Gasteiger partial charge is 0.259 e. The minimum absolute atomic E-state index is 0.134. The molecule has 0 aromatic heterocycles. The predicted octanol–water partition coefficient (Wildman–Crippen LogP) is 1.10. The first-order valence-corrected chi connectivity index (χ1v) is 5.65. The van der Waals surface area contributed by atoms with E-state index >= 15 is 0 Å². The van der Waals surface area contributed by atoms with Crippen LogP contribution in [0.1, 0.15) is 28.9 Å². The van der Waals surface area contributed by atoms with Gasteiger partial charge in [0.2, 0.25) is 0 Å². The summed E-state index contributed by atoms with van der Waals surface area (Å²) in [6, 6.07) is 6.62. The molecule has 0 saturated heterocycles. The van der Waals surface area contributed by atoms with Crippen LogP contribution in [0.3, 0.4) is 0 Å². The minimum atomic E-state index is -0.676. The maximum atomic E-state index is 12.3. The second-order valence-corrected chi connectivity index (χ2v) is 4.26. The van der Waals surface area contributed by atoms with Gasteiger partial charge in [0.1, 0.15) is 11.8 Å². The molecule has 2 rings (SSSR count). The van der Waals surface area contributed by atoms with E-state index in [2.05, 4.69) is 6.07 Å². The number of amides is 1. The van der Waals surface area contributed by atoms with Crippen molar-refractivity contribution in [1.29, 1.82) is 5.26 Å². The van der Waals surface area contributed by atoms with Gasteiger partial charge in [0.25, 0.3) is 5.91 Å². The lowest BCUT2D eigenvalue weighted by atomic mass is 10.0. The maximum Gasteiger partial charge on any atom is 0.259 e. The lowest BCUT2D eigenvalue weighted by molar-refractivity contribution is 0.0639. The summed E-state index contributed by atoms with van der Waals surface area (Å²) >= 11 is 0. The first-order valence-electron chi connectivity index (χ1n) is 5.65. The number of carbonyl (C=O) groups excluding carboxylic acids is 1. The number of aliphatic hydroxyl groups excluding tert-OH is 1. The van der Waals surface area contributed by atoms with Gasteiger partial charge in [-0.05, 0) is 13.0 Å². The average molecular weight is 246 g/mol. The normalized spacial score (nSPS) is 19.3. The monoisotopic (exact) mass is 246 g/mol. The molecule has 5 nitrogen and oxygen atoms in total. The van der Waals surface area contributed by atoms with Crippen LogP contribution in [0.4, 0.5) is 0 Å². The van der Waals surface area contributed by atoms with Crippen LogP contribution in [-0.4, -0.2) is 35.7 Å². The van der Waals surface area contributed by atoms with Crippen LogP contribution in [0.2, 0.25) is 0 Å². The largest absolute Gasteiger partial charge is 0.496 e. The third kappa shape index (κ3) is 1.81. The highest BCUT2D eigenvalue weighted by molar-refractivity contribution is 6.02. The molecule has 1 aliphatic rings. The highest BCUT2D eigenvalue weighted by Crippen LogP contribution is 2.38. The van der Waals surface area contributed by atoms with E-state index < -0.39 is 12.1 Å². The van der Waals surface area contributed by atoms with Crippen LogP contribution < -0.4 is 4.74 Å². The van der Waals surface area contributed by atoms with E-state index in [4.69, 9.17) is 4.74 Å². The van der Waals surface area contributed by atoms with E-state index in [1.165, 1.54) is 12.0 Å². The number of carbonyl (C=O) groups is 1. The Labute approximate surface area is 105 Å². The van der Waals surface area contributed by atoms with Crippen molar-refractivity contribution in [1.82, 2.24) is 4.90 Å². The molecule has 0 radical (unpaired) electrons. The van der Waals surface area contributed by atoms with E-state index in [1.54, 1.807) is 25.1 Å². The van der Waals surface area contributed by atoms with Crippen molar-refractivity contribution in [2.45, 2.75) is 19.1 Å².